The first-order chi connectivity index (χ1) is 12.3. The van der Waals surface area contributed by atoms with Crippen LogP contribution in [-0.4, -0.2) is 40.7 Å². The summed E-state index contributed by atoms with van der Waals surface area (Å²) in [6.07, 6.45) is 2.48. The minimum absolute atomic E-state index is 0.165. The van der Waals surface area contributed by atoms with E-state index >= 15 is 0 Å². The summed E-state index contributed by atoms with van der Waals surface area (Å²) in [4.78, 5) is 0.234. The smallest absolute Gasteiger partial charge is 0.240 e. The first kappa shape index (κ1) is 23.9. The Hall–Kier alpha value is -1.16. The van der Waals surface area contributed by atoms with Gasteiger partial charge >= 0.3 is 0 Å². The molecule has 0 saturated carbocycles. The van der Waals surface area contributed by atoms with Gasteiger partial charge in [0.25, 0.3) is 0 Å². The molecule has 0 atom stereocenters. The standard InChI is InChI=1S/C18H33N3O4S2/c1-15(2)21-26(22,23)17-11-9-10-16(14-17)19-12-7-6-8-13-20-27(24,25)18(3,4)5/h9-11,14-15,19-21H,6-8,12-13H2,1-5H3. The van der Waals surface area contributed by atoms with Gasteiger partial charge in [0.1, 0.15) is 0 Å². The molecule has 156 valence electrons. The Morgan fingerprint density at radius 3 is 2.19 bits per heavy atom. The number of benzene rings is 1. The number of rotatable bonds is 11. The van der Waals surface area contributed by atoms with Crippen molar-refractivity contribution >= 4 is 25.7 Å². The van der Waals surface area contributed by atoms with Gasteiger partial charge in [-0.05, 0) is 65.7 Å². The fraction of sp³-hybridized carbons (Fsp3) is 0.667. The Morgan fingerprint density at radius 1 is 0.963 bits per heavy atom. The fourth-order valence-electron chi connectivity index (χ4n) is 2.23. The Balaban J connectivity index is 2.39. The Morgan fingerprint density at radius 2 is 1.59 bits per heavy atom. The van der Waals surface area contributed by atoms with E-state index in [1.807, 2.05) is 6.07 Å². The molecule has 0 fully saturated rings. The molecule has 1 rings (SSSR count). The molecule has 27 heavy (non-hydrogen) atoms. The molecule has 0 amide bonds. The lowest BCUT2D eigenvalue weighted by Gasteiger charge is -2.19. The molecule has 0 aliphatic rings. The summed E-state index contributed by atoms with van der Waals surface area (Å²) in [5.74, 6) is 0. The molecule has 9 heteroatoms. The Labute approximate surface area is 164 Å². The van der Waals surface area contributed by atoms with Crippen LogP contribution in [0.3, 0.4) is 0 Å². The maximum absolute atomic E-state index is 12.2. The molecule has 1 aromatic rings. The van der Waals surface area contributed by atoms with Crippen molar-refractivity contribution in [3.8, 4) is 0 Å². The van der Waals surface area contributed by atoms with Crippen LogP contribution >= 0.6 is 0 Å². The van der Waals surface area contributed by atoms with Gasteiger partial charge in [-0.1, -0.05) is 12.5 Å². The molecule has 0 aromatic heterocycles. The van der Waals surface area contributed by atoms with Crippen molar-refractivity contribution in [1.29, 1.82) is 0 Å². The lowest BCUT2D eigenvalue weighted by atomic mass is 10.2. The highest BCUT2D eigenvalue weighted by Gasteiger charge is 2.27. The van der Waals surface area contributed by atoms with E-state index < -0.39 is 24.8 Å². The number of nitrogens with one attached hydrogen (secondary N) is 3. The maximum Gasteiger partial charge on any atom is 0.240 e. The quantitative estimate of drug-likeness (QED) is 0.478. The van der Waals surface area contributed by atoms with E-state index in [9.17, 15) is 16.8 Å². The monoisotopic (exact) mass is 419 g/mol. The molecule has 0 spiro atoms. The number of hydrogen-bond acceptors (Lipinski definition) is 5. The van der Waals surface area contributed by atoms with Crippen LogP contribution in [0.2, 0.25) is 0 Å². The van der Waals surface area contributed by atoms with Crippen LogP contribution in [-0.2, 0) is 20.0 Å². The lowest BCUT2D eigenvalue weighted by Crippen LogP contribution is -2.39. The largest absolute Gasteiger partial charge is 0.385 e. The summed E-state index contributed by atoms with van der Waals surface area (Å²) in [6, 6.07) is 6.55. The zero-order chi connectivity index (χ0) is 20.7. The third-order valence-corrected chi connectivity index (χ3v) is 7.67. The number of hydrogen-bond donors (Lipinski definition) is 3. The summed E-state index contributed by atoms with van der Waals surface area (Å²) in [5, 5.41) is 3.21. The average molecular weight is 420 g/mol. The molecular formula is C18H33N3O4S2. The van der Waals surface area contributed by atoms with Crippen molar-refractivity contribution in [3.63, 3.8) is 0 Å². The number of anilines is 1. The van der Waals surface area contributed by atoms with Crippen LogP contribution < -0.4 is 14.8 Å². The van der Waals surface area contributed by atoms with E-state index in [1.165, 1.54) is 0 Å². The van der Waals surface area contributed by atoms with Crippen molar-refractivity contribution < 1.29 is 16.8 Å². The number of sulfonamides is 2. The molecule has 1 aromatic carbocycles. The second-order valence-electron chi connectivity index (χ2n) is 7.80. The van der Waals surface area contributed by atoms with E-state index in [1.54, 1.807) is 52.8 Å². The predicted octanol–water partition coefficient (Wildman–Crippen LogP) is 2.67. The van der Waals surface area contributed by atoms with Gasteiger partial charge in [0.15, 0.2) is 0 Å². The molecule has 0 aliphatic carbocycles. The Bertz CT molecular complexity index is 798. The molecule has 0 aliphatic heterocycles. The fourth-order valence-corrected chi connectivity index (χ4v) is 4.38. The topological polar surface area (TPSA) is 104 Å². The van der Waals surface area contributed by atoms with E-state index in [2.05, 4.69) is 14.8 Å². The van der Waals surface area contributed by atoms with Crippen molar-refractivity contribution in [2.45, 2.75) is 69.6 Å². The van der Waals surface area contributed by atoms with Gasteiger partial charge in [-0.25, -0.2) is 26.3 Å². The maximum atomic E-state index is 12.2. The second-order valence-corrected chi connectivity index (χ2v) is 12.0. The van der Waals surface area contributed by atoms with Crippen molar-refractivity contribution in [2.24, 2.45) is 0 Å². The Kier molecular flexibility index (Phi) is 8.72. The van der Waals surface area contributed by atoms with Crippen molar-refractivity contribution in [3.05, 3.63) is 24.3 Å². The van der Waals surface area contributed by atoms with E-state index in [4.69, 9.17) is 0 Å². The van der Waals surface area contributed by atoms with Crippen LogP contribution in [0.5, 0.6) is 0 Å². The third-order valence-electron chi connectivity index (χ3n) is 3.82. The van der Waals surface area contributed by atoms with Crippen molar-refractivity contribution in [2.75, 3.05) is 18.4 Å². The number of unbranched alkanes of at least 4 members (excludes halogenated alkanes) is 2. The van der Waals surface area contributed by atoms with Crippen LogP contribution in [0.25, 0.3) is 0 Å². The lowest BCUT2D eigenvalue weighted by molar-refractivity contribution is 0.540. The van der Waals surface area contributed by atoms with E-state index in [0.29, 0.717) is 13.1 Å². The highest BCUT2D eigenvalue weighted by Crippen LogP contribution is 2.16. The highest BCUT2D eigenvalue weighted by molar-refractivity contribution is 7.90. The van der Waals surface area contributed by atoms with Gasteiger partial charge in [0.2, 0.25) is 20.0 Å². The zero-order valence-electron chi connectivity index (χ0n) is 16.9. The van der Waals surface area contributed by atoms with Gasteiger partial charge in [0.05, 0.1) is 9.64 Å². The van der Waals surface area contributed by atoms with Gasteiger partial charge in [-0.2, -0.15) is 0 Å². The van der Waals surface area contributed by atoms with Gasteiger partial charge in [0, 0.05) is 24.8 Å². The molecule has 0 saturated heterocycles. The second kappa shape index (κ2) is 9.86. The summed E-state index contributed by atoms with van der Waals surface area (Å²) < 4.78 is 52.6. The normalized spacial score (nSPS) is 13.1. The SMILES string of the molecule is CC(C)NS(=O)(=O)c1cccc(NCCCCCNS(=O)(=O)C(C)(C)C)c1. The van der Waals surface area contributed by atoms with Gasteiger partial charge in [-0.3, -0.25) is 0 Å². The molecule has 0 radical (unpaired) electrons. The third kappa shape index (κ3) is 8.16. The highest BCUT2D eigenvalue weighted by atomic mass is 32.2. The molecular weight excluding hydrogens is 386 g/mol. The summed E-state index contributed by atoms with van der Waals surface area (Å²) in [7, 11) is -6.80. The molecule has 3 N–H and O–H groups in total. The van der Waals surface area contributed by atoms with Crippen LogP contribution in [0.1, 0.15) is 53.9 Å². The minimum Gasteiger partial charge on any atom is -0.385 e. The average Bonchev–Trinajstić information content (AvgIpc) is 2.52. The van der Waals surface area contributed by atoms with Gasteiger partial charge < -0.3 is 5.32 Å². The zero-order valence-corrected chi connectivity index (χ0v) is 18.5. The van der Waals surface area contributed by atoms with E-state index in [-0.39, 0.29) is 10.9 Å². The van der Waals surface area contributed by atoms with Gasteiger partial charge in [-0.15, -0.1) is 0 Å². The van der Waals surface area contributed by atoms with Crippen LogP contribution in [0.15, 0.2) is 29.2 Å². The first-order valence-electron chi connectivity index (χ1n) is 9.21. The summed E-state index contributed by atoms with van der Waals surface area (Å²) in [6.45, 7) is 9.68. The minimum atomic E-state index is -3.51. The molecule has 0 unspecified atom stereocenters. The summed E-state index contributed by atoms with van der Waals surface area (Å²) in [5.41, 5.74) is 0.745. The first-order valence-corrected chi connectivity index (χ1v) is 12.2. The predicted molar refractivity (Wildman–Crippen MR) is 111 cm³/mol. The molecule has 0 heterocycles. The summed E-state index contributed by atoms with van der Waals surface area (Å²) >= 11 is 0. The molecule has 0 bridgehead atoms. The molecule has 7 nitrogen and oxygen atoms in total. The van der Waals surface area contributed by atoms with Crippen molar-refractivity contribution in [1.82, 2.24) is 9.44 Å². The van der Waals surface area contributed by atoms with Crippen LogP contribution in [0, 0.1) is 0 Å². The van der Waals surface area contributed by atoms with Crippen LogP contribution in [0.4, 0.5) is 5.69 Å². The van der Waals surface area contributed by atoms with E-state index in [0.717, 1.165) is 24.9 Å².